The van der Waals surface area contributed by atoms with Gasteiger partial charge in [0, 0.05) is 19.6 Å². The van der Waals surface area contributed by atoms with Gasteiger partial charge in [-0.2, -0.15) is 13.2 Å². The fourth-order valence-electron chi connectivity index (χ4n) is 2.22. The first-order valence-electron chi connectivity index (χ1n) is 6.65. The van der Waals surface area contributed by atoms with E-state index in [0.717, 1.165) is 25.5 Å². The summed E-state index contributed by atoms with van der Waals surface area (Å²) in [6.07, 6.45) is -1.78. The molecule has 1 atom stereocenters. The van der Waals surface area contributed by atoms with Gasteiger partial charge in [-0.25, -0.2) is 0 Å². The first-order chi connectivity index (χ1) is 9.50. The van der Waals surface area contributed by atoms with Crippen LogP contribution in [-0.2, 0) is 17.5 Å². The maximum absolute atomic E-state index is 12.9. The molecule has 112 valence electrons. The first-order valence-corrected chi connectivity index (χ1v) is 6.65. The van der Waals surface area contributed by atoms with E-state index in [2.05, 4.69) is 0 Å². The summed E-state index contributed by atoms with van der Waals surface area (Å²) < 4.78 is 49.5. The SMILES string of the molecule is NCc1ccc(OCCC2CCCO2)c(C(F)(F)F)c1. The molecule has 0 aliphatic carbocycles. The molecule has 20 heavy (non-hydrogen) atoms. The Balaban J connectivity index is 2.02. The third-order valence-electron chi connectivity index (χ3n) is 3.31. The highest BCUT2D eigenvalue weighted by molar-refractivity contribution is 5.39. The number of ether oxygens (including phenoxy) is 2. The topological polar surface area (TPSA) is 44.5 Å². The number of hydrogen-bond acceptors (Lipinski definition) is 3. The van der Waals surface area contributed by atoms with Crippen molar-refractivity contribution in [1.82, 2.24) is 0 Å². The fraction of sp³-hybridized carbons (Fsp3) is 0.571. The van der Waals surface area contributed by atoms with E-state index >= 15 is 0 Å². The molecule has 2 N–H and O–H groups in total. The number of nitrogens with two attached hydrogens (primary N) is 1. The fourth-order valence-corrected chi connectivity index (χ4v) is 2.22. The Bertz CT molecular complexity index is 443. The van der Waals surface area contributed by atoms with Gasteiger partial charge in [-0.05, 0) is 30.5 Å². The highest BCUT2D eigenvalue weighted by atomic mass is 19.4. The molecule has 1 saturated heterocycles. The summed E-state index contributed by atoms with van der Waals surface area (Å²) >= 11 is 0. The number of rotatable bonds is 5. The summed E-state index contributed by atoms with van der Waals surface area (Å²) in [6, 6.07) is 3.93. The summed E-state index contributed by atoms with van der Waals surface area (Å²) in [5.74, 6) is -0.146. The third kappa shape index (κ3) is 3.86. The summed E-state index contributed by atoms with van der Waals surface area (Å²) in [5, 5.41) is 0. The van der Waals surface area contributed by atoms with Crippen LogP contribution in [0.2, 0.25) is 0 Å². The van der Waals surface area contributed by atoms with Crippen molar-refractivity contribution >= 4 is 0 Å². The molecule has 1 aliphatic heterocycles. The Morgan fingerprint density at radius 3 is 2.75 bits per heavy atom. The lowest BCUT2D eigenvalue weighted by Crippen LogP contribution is -2.14. The van der Waals surface area contributed by atoms with E-state index in [4.69, 9.17) is 15.2 Å². The normalized spacial score (nSPS) is 19.3. The summed E-state index contributed by atoms with van der Waals surface area (Å²) in [7, 11) is 0. The average molecular weight is 289 g/mol. The van der Waals surface area contributed by atoms with Crippen LogP contribution in [0.5, 0.6) is 5.75 Å². The molecule has 0 spiro atoms. The average Bonchev–Trinajstić information content (AvgIpc) is 2.91. The summed E-state index contributed by atoms with van der Waals surface area (Å²) in [5.41, 5.74) is 5.03. The Labute approximate surface area is 115 Å². The van der Waals surface area contributed by atoms with Gasteiger partial charge < -0.3 is 15.2 Å². The number of hydrogen-bond donors (Lipinski definition) is 1. The van der Waals surface area contributed by atoms with Gasteiger partial charge in [-0.15, -0.1) is 0 Å². The van der Waals surface area contributed by atoms with E-state index < -0.39 is 11.7 Å². The summed E-state index contributed by atoms with van der Waals surface area (Å²) in [6.45, 7) is 1.01. The first kappa shape index (κ1) is 15.1. The molecule has 1 aromatic carbocycles. The molecule has 1 fully saturated rings. The van der Waals surface area contributed by atoms with Crippen molar-refractivity contribution in [2.75, 3.05) is 13.2 Å². The molecule has 3 nitrogen and oxygen atoms in total. The molecular formula is C14H18F3NO2. The molecule has 1 aliphatic rings. The van der Waals surface area contributed by atoms with Crippen molar-refractivity contribution in [2.24, 2.45) is 5.73 Å². The highest BCUT2D eigenvalue weighted by Gasteiger charge is 2.34. The molecule has 0 bridgehead atoms. The Morgan fingerprint density at radius 2 is 2.15 bits per heavy atom. The minimum atomic E-state index is -4.44. The van der Waals surface area contributed by atoms with Gasteiger partial charge in [0.2, 0.25) is 0 Å². The lowest BCUT2D eigenvalue weighted by atomic mass is 10.1. The van der Waals surface area contributed by atoms with E-state index in [9.17, 15) is 13.2 Å². The van der Waals surface area contributed by atoms with Crippen molar-refractivity contribution in [3.8, 4) is 5.75 Å². The Morgan fingerprint density at radius 1 is 1.35 bits per heavy atom. The van der Waals surface area contributed by atoms with Crippen molar-refractivity contribution < 1.29 is 22.6 Å². The third-order valence-corrected chi connectivity index (χ3v) is 3.31. The smallest absolute Gasteiger partial charge is 0.419 e. The van der Waals surface area contributed by atoms with Crippen LogP contribution in [0.3, 0.4) is 0 Å². The lowest BCUT2D eigenvalue weighted by Gasteiger charge is -2.16. The van der Waals surface area contributed by atoms with Gasteiger partial charge in [0.05, 0.1) is 18.3 Å². The van der Waals surface area contributed by atoms with Gasteiger partial charge in [0.15, 0.2) is 0 Å². The number of benzene rings is 1. The van der Waals surface area contributed by atoms with E-state index in [1.165, 1.54) is 6.07 Å². The van der Waals surface area contributed by atoms with Crippen LogP contribution in [0.4, 0.5) is 13.2 Å². The van der Waals surface area contributed by atoms with E-state index in [1.807, 2.05) is 0 Å². The molecule has 1 heterocycles. The minimum absolute atomic E-state index is 0.0687. The van der Waals surface area contributed by atoms with Crippen LogP contribution in [-0.4, -0.2) is 19.3 Å². The van der Waals surface area contributed by atoms with Crippen LogP contribution in [0.15, 0.2) is 18.2 Å². The maximum Gasteiger partial charge on any atom is 0.419 e. The van der Waals surface area contributed by atoms with Crippen molar-refractivity contribution in [2.45, 2.75) is 38.1 Å². The Kier molecular flexibility index (Phi) is 4.88. The van der Waals surface area contributed by atoms with Crippen LogP contribution in [0, 0.1) is 0 Å². The molecule has 1 unspecified atom stereocenters. The zero-order valence-corrected chi connectivity index (χ0v) is 11.1. The standard InChI is InChI=1S/C14H18F3NO2/c15-14(16,17)12-8-10(9-18)3-4-13(12)20-7-5-11-2-1-6-19-11/h3-4,8,11H,1-2,5-7,9,18H2. The van der Waals surface area contributed by atoms with Gasteiger partial charge in [-0.3, -0.25) is 0 Å². The second kappa shape index (κ2) is 6.45. The highest BCUT2D eigenvalue weighted by Crippen LogP contribution is 2.37. The van der Waals surface area contributed by atoms with Gasteiger partial charge in [0.1, 0.15) is 5.75 Å². The van der Waals surface area contributed by atoms with Crippen LogP contribution >= 0.6 is 0 Å². The zero-order chi connectivity index (χ0) is 14.6. The molecule has 0 aromatic heterocycles. The van der Waals surface area contributed by atoms with Crippen LogP contribution < -0.4 is 10.5 Å². The predicted octanol–water partition coefficient (Wildman–Crippen LogP) is 3.11. The molecule has 0 saturated carbocycles. The van der Waals surface area contributed by atoms with E-state index in [-0.39, 0.29) is 25.0 Å². The predicted molar refractivity (Wildman–Crippen MR) is 68.4 cm³/mol. The molecule has 6 heteroatoms. The molecule has 2 rings (SSSR count). The minimum Gasteiger partial charge on any atom is -0.493 e. The van der Waals surface area contributed by atoms with Gasteiger partial charge >= 0.3 is 6.18 Å². The monoisotopic (exact) mass is 289 g/mol. The number of alkyl halides is 3. The largest absolute Gasteiger partial charge is 0.493 e. The van der Waals surface area contributed by atoms with E-state index in [1.54, 1.807) is 6.07 Å². The maximum atomic E-state index is 12.9. The molecule has 0 radical (unpaired) electrons. The lowest BCUT2D eigenvalue weighted by molar-refractivity contribution is -0.139. The van der Waals surface area contributed by atoms with Crippen molar-refractivity contribution in [3.05, 3.63) is 29.3 Å². The Hall–Kier alpha value is -1.27. The van der Waals surface area contributed by atoms with Crippen molar-refractivity contribution in [1.29, 1.82) is 0 Å². The van der Waals surface area contributed by atoms with Crippen LogP contribution in [0.1, 0.15) is 30.4 Å². The number of halogens is 3. The van der Waals surface area contributed by atoms with Gasteiger partial charge in [-0.1, -0.05) is 6.07 Å². The van der Waals surface area contributed by atoms with Gasteiger partial charge in [0.25, 0.3) is 0 Å². The second-order valence-corrected chi connectivity index (χ2v) is 4.80. The quantitative estimate of drug-likeness (QED) is 0.906. The molecular weight excluding hydrogens is 271 g/mol. The molecule has 0 amide bonds. The van der Waals surface area contributed by atoms with Crippen LogP contribution in [0.25, 0.3) is 0 Å². The second-order valence-electron chi connectivity index (χ2n) is 4.80. The summed E-state index contributed by atoms with van der Waals surface area (Å²) in [4.78, 5) is 0. The van der Waals surface area contributed by atoms with E-state index in [0.29, 0.717) is 12.0 Å². The van der Waals surface area contributed by atoms with Crippen molar-refractivity contribution in [3.63, 3.8) is 0 Å². The zero-order valence-electron chi connectivity index (χ0n) is 11.1. The molecule has 1 aromatic rings.